The highest BCUT2D eigenvalue weighted by Crippen LogP contribution is 2.29. The van der Waals surface area contributed by atoms with Crippen molar-refractivity contribution in [1.29, 1.82) is 0 Å². The van der Waals surface area contributed by atoms with Crippen LogP contribution in [0.5, 0.6) is 0 Å². The molecule has 0 saturated carbocycles. The van der Waals surface area contributed by atoms with Gasteiger partial charge in [0.2, 0.25) is 0 Å². The lowest BCUT2D eigenvalue weighted by Crippen LogP contribution is -1.96. The molecule has 2 rings (SSSR count). The van der Waals surface area contributed by atoms with Crippen LogP contribution in [-0.4, -0.2) is 0 Å². The van der Waals surface area contributed by atoms with Crippen LogP contribution < -0.4 is 0 Å². The molecule has 0 saturated heterocycles. The van der Waals surface area contributed by atoms with Gasteiger partial charge in [0.1, 0.15) is 0 Å². The predicted octanol–water partition coefficient (Wildman–Crippen LogP) is 6.12. The number of benzene rings is 2. The lowest BCUT2D eigenvalue weighted by Gasteiger charge is -2.11. The SMILES string of the molecule is Clc1ccc(CC(Cl)c2cccc(I)c2)cc1Cl. The second kappa shape index (κ2) is 6.47. The zero-order chi connectivity index (χ0) is 13.1. The Morgan fingerprint density at radius 3 is 2.44 bits per heavy atom. The molecule has 0 aliphatic carbocycles. The van der Waals surface area contributed by atoms with Gasteiger partial charge >= 0.3 is 0 Å². The number of halogens is 4. The molecule has 0 N–H and O–H groups in total. The number of alkyl halides is 1. The minimum Gasteiger partial charge on any atom is -0.117 e. The zero-order valence-corrected chi connectivity index (χ0v) is 13.8. The number of hydrogen-bond donors (Lipinski definition) is 0. The first-order chi connectivity index (χ1) is 8.56. The van der Waals surface area contributed by atoms with Gasteiger partial charge in [-0.1, -0.05) is 41.4 Å². The molecule has 18 heavy (non-hydrogen) atoms. The maximum absolute atomic E-state index is 6.43. The first kappa shape index (κ1) is 14.4. The highest BCUT2D eigenvalue weighted by molar-refractivity contribution is 14.1. The predicted molar refractivity (Wildman–Crippen MR) is 87.9 cm³/mol. The van der Waals surface area contributed by atoms with Gasteiger partial charge in [-0.05, 0) is 64.4 Å². The molecular weight excluding hydrogens is 401 g/mol. The van der Waals surface area contributed by atoms with Crippen molar-refractivity contribution in [2.24, 2.45) is 0 Å². The summed E-state index contributed by atoms with van der Waals surface area (Å²) in [4.78, 5) is 0. The van der Waals surface area contributed by atoms with E-state index >= 15 is 0 Å². The van der Waals surface area contributed by atoms with Crippen LogP contribution in [0.1, 0.15) is 16.5 Å². The van der Waals surface area contributed by atoms with Gasteiger partial charge in [0.15, 0.2) is 0 Å². The van der Waals surface area contributed by atoms with Crippen molar-refractivity contribution in [1.82, 2.24) is 0 Å². The van der Waals surface area contributed by atoms with Gasteiger partial charge in [0.05, 0.1) is 15.4 Å². The molecule has 4 heteroatoms. The van der Waals surface area contributed by atoms with Crippen molar-refractivity contribution in [3.05, 3.63) is 67.2 Å². The average Bonchev–Trinajstić information content (AvgIpc) is 2.34. The second-order valence-corrected chi connectivity index (χ2v) is 6.56. The summed E-state index contributed by atoms with van der Waals surface area (Å²) in [6, 6.07) is 13.8. The molecule has 0 amide bonds. The van der Waals surface area contributed by atoms with Crippen LogP contribution in [0.15, 0.2) is 42.5 Å². The van der Waals surface area contributed by atoms with Crippen LogP contribution in [0.2, 0.25) is 10.0 Å². The third kappa shape index (κ3) is 3.77. The lowest BCUT2D eigenvalue weighted by atomic mass is 10.0. The normalized spacial score (nSPS) is 12.4. The molecule has 2 aromatic rings. The molecule has 94 valence electrons. The molecule has 0 aliphatic rings. The van der Waals surface area contributed by atoms with Crippen molar-refractivity contribution < 1.29 is 0 Å². The topological polar surface area (TPSA) is 0 Å². The molecule has 0 bridgehead atoms. The molecule has 1 atom stereocenters. The largest absolute Gasteiger partial charge is 0.117 e. The van der Waals surface area contributed by atoms with Gasteiger partial charge in [0.25, 0.3) is 0 Å². The smallest absolute Gasteiger partial charge is 0.0625 e. The molecule has 2 aromatic carbocycles. The molecule has 0 spiro atoms. The lowest BCUT2D eigenvalue weighted by molar-refractivity contribution is 0.919. The van der Waals surface area contributed by atoms with Crippen molar-refractivity contribution in [3.63, 3.8) is 0 Å². The number of hydrogen-bond acceptors (Lipinski definition) is 0. The van der Waals surface area contributed by atoms with Gasteiger partial charge < -0.3 is 0 Å². The Kier molecular flexibility index (Phi) is 5.19. The molecule has 0 radical (unpaired) electrons. The fourth-order valence-electron chi connectivity index (χ4n) is 1.69. The summed E-state index contributed by atoms with van der Waals surface area (Å²) in [5, 5.41) is 1.08. The Labute approximate surface area is 135 Å². The van der Waals surface area contributed by atoms with E-state index in [9.17, 15) is 0 Å². The van der Waals surface area contributed by atoms with E-state index in [2.05, 4.69) is 28.7 Å². The zero-order valence-electron chi connectivity index (χ0n) is 9.34. The van der Waals surface area contributed by atoms with Gasteiger partial charge in [-0.3, -0.25) is 0 Å². The minimum absolute atomic E-state index is 0.0584. The van der Waals surface area contributed by atoms with Crippen LogP contribution in [-0.2, 0) is 6.42 Å². The Bertz CT molecular complexity index is 554. The van der Waals surface area contributed by atoms with Crippen LogP contribution in [0.4, 0.5) is 0 Å². The summed E-state index contributed by atoms with van der Waals surface area (Å²) in [6.07, 6.45) is 0.735. The Hall–Kier alpha value is 0.0400. The highest BCUT2D eigenvalue weighted by atomic mass is 127. The fourth-order valence-corrected chi connectivity index (χ4v) is 2.89. The summed E-state index contributed by atoms with van der Waals surface area (Å²) in [5.74, 6) is 0. The molecule has 0 heterocycles. The van der Waals surface area contributed by atoms with Gasteiger partial charge in [0, 0.05) is 3.57 Å². The Morgan fingerprint density at radius 1 is 1.00 bits per heavy atom. The van der Waals surface area contributed by atoms with Crippen LogP contribution in [0.25, 0.3) is 0 Å². The number of rotatable bonds is 3. The third-order valence-corrected chi connectivity index (χ3v) is 4.43. The van der Waals surface area contributed by atoms with Crippen LogP contribution in [0, 0.1) is 3.57 Å². The molecule has 1 unspecified atom stereocenters. The standard InChI is InChI=1S/C14H10Cl3I/c15-12-5-4-9(7-14(12)17)6-13(16)10-2-1-3-11(18)8-10/h1-5,7-8,13H,6H2. The van der Waals surface area contributed by atoms with Crippen molar-refractivity contribution >= 4 is 57.4 Å². The summed E-state index contributed by atoms with van der Waals surface area (Å²) in [5.41, 5.74) is 2.21. The molecule has 0 fully saturated rings. The quantitative estimate of drug-likeness (QED) is 0.422. The monoisotopic (exact) mass is 410 g/mol. The van der Waals surface area contributed by atoms with E-state index in [0.717, 1.165) is 17.5 Å². The minimum atomic E-state index is -0.0584. The Morgan fingerprint density at radius 2 is 1.78 bits per heavy atom. The second-order valence-electron chi connectivity index (χ2n) is 3.98. The van der Waals surface area contributed by atoms with Gasteiger partial charge in [-0.2, -0.15) is 0 Å². The van der Waals surface area contributed by atoms with Crippen molar-refractivity contribution in [3.8, 4) is 0 Å². The first-order valence-electron chi connectivity index (χ1n) is 5.40. The summed E-state index contributed by atoms with van der Waals surface area (Å²) in [6.45, 7) is 0. The summed E-state index contributed by atoms with van der Waals surface area (Å²) >= 11 is 20.6. The summed E-state index contributed by atoms with van der Waals surface area (Å²) in [7, 11) is 0. The molecular formula is C14H10Cl3I. The van der Waals surface area contributed by atoms with Crippen LogP contribution in [0.3, 0.4) is 0 Å². The molecule has 0 aliphatic heterocycles. The summed E-state index contributed by atoms with van der Waals surface area (Å²) < 4.78 is 1.19. The van der Waals surface area contributed by atoms with Gasteiger partial charge in [-0.25, -0.2) is 0 Å². The van der Waals surface area contributed by atoms with Crippen molar-refractivity contribution in [2.45, 2.75) is 11.8 Å². The van der Waals surface area contributed by atoms with Gasteiger partial charge in [-0.15, -0.1) is 11.6 Å². The van der Waals surface area contributed by atoms with E-state index in [4.69, 9.17) is 34.8 Å². The maximum Gasteiger partial charge on any atom is 0.0625 e. The average molecular weight is 411 g/mol. The van der Waals surface area contributed by atoms with E-state index in [-0.39, 0.29) is 5.38 Å². The highest BCUT2D eigenvalue weighted by Gasteiger charge is 2.10. The van der Waals surface area contributed by atoms with E-state index in [1.165, 1.54) is 3.57 Å². The van der Waals surface area contributed by atoms with E-state index < -0.39 is 0 Å². The molecule has 0 nitrogen and oxygen atoms in total. The third-order valence-electron chi connectivity index (χ3n) is 2.61. The van der Waals surface area contributed by atoms with E-state index in [1.54, 1.807) is 6.07 Å². The first-order valence-corrected chi connectivity index (χ1v) is 7.67. The van der Waals surface area contributed by atoms with E-state index in [1.807, 2.05) is 30.3 Å². The molecule has 0 aromatic heterocycles. The van der Waals surface area contributed by atoms with Crippen molar-refractivity contribution in [2.75, 3.05) is 0 Å². The maximum atomic E-state index is 6.43. The fraction of sp³-hybridized carbons (Fsp3) is 0.143. The van der Waals surface area contributed by atoms with E-state index in [0.29, 0.717) is 10.0 Å². The van der Waals surface area contributed by atoms with Crippen LogP contribution >= 0.6 is 57.4 Å². The Balaban J connectivity index is 2.16.